The second kappa shape index (κ2) is 4.02. The Morgan fingerprint density at radius 2 is 2.53 bits per heavy atom. The molecule has 1 saturated heterocycles. The lowest BCUT2D eigenvalue weighted by molar-refractivity contribution is 0.0737. The quantitative estimate of drug-likeness (QED) is 0.735. The fourth-order valence-electron chi connectivity index (χ4n) is 1.85. The van der Waals surface area contributed by atoms with E-state index in [-0.39, 0.29) is 5.91 Å². The Morgan fingerprint density at radius 3 is 3.07 bits per heavy atom. The number of hydrogen-bond acceptors (Lipinski definition) is 3. The number of hydrogen-bond donors (Lipinski definition) is 1. The van der Waals surface area contributed by atoms with Crippen LogP contribution in [0.4, 0.5) is 0 Å². The van der Waals surface area contributed by atoms with E-state index in [9.17, 15) is 4.79 Å². The van der Waals surface area contributed by atoms with Gasteiger partial charge < -0.3 is 10.2 Å². The van der Waals surface area contributed by atoms with Crippen LogP contribution < -0.4 is 5.32 Å². The molecule has 2 rings (SSSR count). The van der Waals surface area contributed by atoms with Crippen LogP contribution in [-0.2, 0) is 7.05 Å². The molecule has 1 aliphatic rings. The molecule has 1 atom stereocenters. The number of carbonyl (C=O) groups is 1. The number of nitrogens with zero attached hydrogens (tertiary/aromatic N) is 3. The first-order valence-corrected chi connectivity index (χ1v) is 5.16. The molecule has 1 unspecified atom stereocenters. The molecule has 5 nitrogen and oxygen atoms in total. The van der Waals surface area contributed by atoms with E-state index in [4.69, 9.17) is 0 Å². The molecule has 82 valence electrons. The molecule has 1 aliphatic heterocycles. The minimum absolute atomic E-state index is 0.00398. The van der Waals surface area contributed by atoms with Crippen LogP contribution in [0.15, 0.2) is 12.3 Å². The van der Waals surface area contributed by atoms with Gasteiger partial charge >= 0.3 is 0 Å². The summed E-state index contributed by atoms with van der Waals surface area (Å²) in [5, 5.41) is 7.35. The summed E-state index contributed by atoms with van der Waals surface area (Å²) < 4.78 is 1.65. The highest BCUT2D eigenvalue weighted by molar-refractivity contribution is 5.92. The van der Waals surface area contributed by atoms with Gasteiger partial charge in [0, 0.05) is 32.9 Å². The molecular weight excluding hydrogens is 192 g/mol. The molecule has 0 spiro atoms. The standard InChI is InChI=1S/C10H16N4O/c1-13-6-4-9(12-13)10(15)14(2)8-3-5-11-7-8/h4,6,8,11H,3,5,7H2,1-2H3. The second-order valence-corrected chi connectivity index (χ2v) is 3.94. The molecule has 0 aromatic carbocycles. The third-order valence-electron chi connectivity index (χ3n) is 2.84. The summed E-state index contributed by atoms with van der Waals surface area (Å²) in [6.45, 7) is 1.87. The monoisotopic (exact) mass is 208 g/mol. The van der Waals surface area contributed by atoms with Crippen molar-refractivity contribution < 1.29 is 4.79 Å². The molecule has 1 aromatic rings. The maximum absolute atomic E-state index is 12.0. The van der Waals surface area contributed by atoms with Gasteiger partial charge in [0.15, 0.2) is 0 Å². The van der Waals surface area contributed by atoms with Crippen molar-refractivity contribution in [3.8, 4) is 0 Å². The van der Waals surface area contributed by atoms with E-state index in [1.54, 1.807) is 21.8 Å². The van der Waals surface area contributed by atoms with Crippen molar-refractivity contribution in [2.75, 3.05) is 20.1 Å². The van der Waals surface area contributed by atoms with Gasteiger partial charge in [-0.15, -0.1) is 0 Å². The Balaban J connectivity index is 2.06. The van der Waals surface area contributed by atoms with Gasteiger partial charge in [-0.1, -0.05) is 0 Å². The highest BCUT2D eigenvalue weighted by atomic mass is 16.2. The Hall–Kier alpha value is -1.36. The van der Waals surface area contributed by atoms with Crippen molar-refractivity contribution in [3.05, 3.63) is 18.0 Å². The van der Waals surface area contributed by atoms with Gasteiger partial charge in [-0.25, -0.2) is 0 Å². The molecule has 0 radical (unpaired) electrons. The maximum atomic E-state index is 12.0. The minimum atomic E-state index is 0.00398. The molecule has 0 saturated carbocycles. The van der Waals surface area contributed by atoms with Crippen molar-refractivity contribution in [3.63, 3.8) is 0 Å². The van der Waals surface area contributed by atoms with Crippen LogP contribution in [0.25, 0.3) is 0 Å². The van der Waals surface area contributed by atoms with E-state index in [0.717, 1.165) is 19.5 Å². The third kappa shape index (κ3) is 2.02. The molecule has 2 heterocycles. The summed E-state index contributed by atoms with van der Waals surface area (Å²) in [4.78, 5) is 13.7. The van der Waals surface area contributed by atoms with E-state index in [0.29, 0.717) is 11.7 Å². The molecule has 15 heavy (non-hydrogen) atoms. The van der Waals surface area contributed by atoms with Crippen LogP contribution in [0.1, 0.15) is 16.9 Å². The average Bonchev–Trinajstić information content (AvgIpc) is 2.85. The van der Waals surface area contributed by atoms with Crippen LogP contribution in [0.3, 0.4) is 0 Å². The number of aryl methyl sites for hydroxylation is 1. The van der Waals surface area contributed by atoms with E-state index in [1.165, 1.54) is 0 Å². The number of amides is 1. The molecule has 1 fully saturated rings. The lowest BCUT2D eigenvalue weighted by Gasteiger charge is -2.22. The summed E-state index contributed by atoms with van der Waals surface area (Å²) in [6.07, 6.45) is 2.81. The fraction of sp³-hybridized carbons (Fsp3) is 0.600. The number of rotatable bonds is 2. The summed E-state index contributed by atoms with van der Waals surface area (Å²) in [5.41, 5.74) is 0.520. The first-order chi connectivity index (χ1) is 7.18. The summed E-state index contributed by atoms with van der Waals surface area (Å²) >= 11 is 0. The van der Waals surface area contributed by atoms with E-state index in [2.05, 4.69) is 10.4 Å². The fourth-order valence-corrected chi connectivity index (χ4v) is 1.85. The number of likely N-dealkylation sites (N-methyl/N-ethyl adjacent to an activating group) is 1. The molecule has 0 bridgehead atoms. The van der Waals surface area contributed by atoms with Crippen LogP contribution in [0, 0.1) is 0 Å². The normalized spacial score (nSPS) is 20.5. The van der Waals surface area contributed by atoms with Gasteiger partial charge in [-0.3, -0.25) is 9.48 Å². The average molecular weight is 208 g/mol. The SMILES string of the molecule is CN(C(=O)c1ccn(C)n1)C1CCNC1. The van der Waals surface area contributed by atoms with Gasteiger partial charge in [-0.05, 0) is 19.0 Å². The predicted octanol–water partition coefficient (Wildman–Crippen LogP) is -0.146. The maximum Gasteiger partial charge on any atom is 0.274 e. The Bertz CT molecular complexity index is 354. The third-order valence-corrected chi connectivity index (χ3v) is 2.84. The number of nitrogens with one attached hydrogen (secondary N) is 1. The van der Waals surface area contributed by atoms with Crippen molar-refractivity contribution in [1.82, 2.24) is 20.0 Å². The summed E-state index contributed by atoms with van der Waals surface area (Å²) in [5.74, 6) is 0.00398. The summed E-state index contributed by atoms with van der Waals surface area (Å²) in [7, 11) is 3.66. The first kappa shape index (κ1) is 10.2. The first-order valence-electron chi connectivity index (χ1n) is 5.16. The second-order valence-electron chi connectivity index (χ2n) is 3.94. The molecule has 1 N–H and O–H groups in total. The van der Waals surface area contributed by atoms with Crippen molar-refractivity contribution in [2.45, 2.75) is 12.5 Å². The van der Waals surface area contributed by atoms with Gasteiger partial charge in [0.1, 0.15) is 5.69 Å². The summed E-state index contributed by atoms with van der Waals surface area (Å²) in [6, 6.07) is 2.06. The van der Waals surface area contributed by atoms with E-state index < -0.39 is 0 Å². The van der Waals surface area contributed by atoms with E-state index >= 15 is 0 Å². The van der Waals surface area contributed by atoms with Crippen LogP contribution in [-0.4, -0.2) is 46.8 Å². The van der Waals surface area contributed by atoms with Gasteiger partial charge in [0.2, 0.25) is 0 Å². The van der Waals surface area contributed by atoms with E-state index in [1.807, 2.05) is 14.1 Å². The zero-order valence-corrected chi connectivity index (χ0v) is 9.10. The van der Waals surface area contributed by atoms with Gasteiger partial charge in [0.05, 0.1) is 0 Å². The molecular formula is C10H16N4O. The van der Waals surface area contributed by atoms with Crippen molar-refractivity contribution >= 4 is 5.91 Å². The van der Waals surface area contributed by atoms with Gasteiger partial charge in [-0.2, -0.15) is 5.10 Å². The Kier molecular flexibility index (Phi) is 2.73. The lowest BCUT2D eigenvalue weighted by atomic mass is 10.2. The minimum Gasteiger partial charge on any atom is -0.336 e. The van der Waals surface area contributed by atoms with Crippen LogP contribution in [0.2, 0.25) is 0 Å². The predicted molar refractivity (Wildman–Crippen MR) is 56.6 cm³/mol. The number of aromatic nitrogens is 2. The number of carbonyl (C=O) groups excluding carboxylic acids is 1. The smallest absolute Gasteiger partial charge is 0.274 e. The van der Waals surface area contributed by atoms with Crippen LogP contribution in [0.5, 0.6) is 0 Å². The van der Waals surface area contributed by atoms with Crippen LogP contribution >= 0.6 is 0 Å². The largest absolute Gasteiger partial charge is 0.336 e. The van der Waals surface area contributed by atoms with Crippen molar-refractivity contribution in [2.24, 2.45) is 7.05 Å². The highest BCUT2D eigenvalue weighted by Crippen LogP contribution is 2.09. The van der Waals surface area contributed by atoms with Crippen molar-refractivity contribution in [1.29, 1.82) is 0 Å². The highest BCUT2D eigenvalue weighted by Gasteiger charge is 2.24. The topological polar surface area (TPSA) is 50.2 Å². The lowest BCUT2D eigenvalue weighted by Crippen LogP contribution is -2.38. The zero-order valence-electron chi connectivity index (χ0n) is 9.10. The molecule has 5 heteroatoms. The molecule has 1 amide bonds. The molecule has 0 aliphatic carbocycles. The Morgan fingerprint density at radius 1 is 1.73 bits per heavy atom. The Labute approximate surface area is 89.1 Å². The molecule has 1 aromatic heterocycles. The van der Waals surface area contributed by atoms with Gasteiger partial charge in [0.25, 0.3) is 5.91 Å². The zero-order chi connectivity index (χ0) is 10.8.